The highest BCUT2D eigenvalue weighted by Gasteiger charge is 2.06. The van der Waals surface area contributed by atoms with Crippen LogP contribution in [0.1, 0.15) is 11.3 Å². The quantitative estimate of drug-likeness (QED) is 0.927. The Morgan fingerprint density at radius 1 is 1.35 bits per heavy atom. The van der Waals surface area contributed by atoms with E-state index in [-0.39, 0.29) is 0 Å². The summed E-state index contributed by atoms with van der Waals surface area (Å²) in [5, 5.41) is 3.29. The van der Waals surface area contributed by atoms with Crippen LogP contribution in [0.15, 0.2) is 39.4 Å². The van der Waals surface area contributed by atoms with Crippen LogP contribution in [0.3, 0.4) is 0 Å². The van der Waals surface area contributed by atoms with Crippen molar-refractivity contribution in [2.75, 3.05) is 12.4 Å². The Labute approximate surface area is 109 Å². The fourth-order valence-electron chi connectivity index (χ4n) is 1.57. The first kappa shape index (κ1) is 12.0. The van der Waals surface area contributed by atoms with Crippen LogP contribution in [-0.4, -0.2) is 7.11 Å². The lowest BCUT2D eigenvalue weighted by atomic mass is 10.2. The Hall–Kier alpha value is -1.42. The van der Waals surface area contributed by atoms with Crippen LogP contribution in [-0.2, 0) is 6.54 Å². The fourth-order valence-corrected chi connectivity index (χ4v) is 1.91. The third kappa shape index (κ3) is 2.82. The Balaban J connectivity index is 2.11. The molecular weight excluding hydrogens is 282 g/mol. The lowest BCUT2D eigenvalue weighted by Crippen LogP contribution is -2.01. The summed E-state index contributed by atoms with van der Waals surface area (Å²) in [6.07, 6.45) is 1.66. The van der Waals surface area contributed by atoms with Crippen LogP contribution in [0.4, 0.5) is 5.69 Å². The van der Waals surface area contributed by atoms with Gasteiger partial charge in [0.05, 0.1) is 30.1 Å². The second kappa shape index (κ2) is 5.27. The van der Waals surface area contributed by atoms with Gasteiger partial charge in [0.2, 0.25) is 0 Å². The normalized spacial score (nSPS) is 10.3. The highest BCUT2D eigenvalue weighted by molar-refractivity contribution is 9.10. The van der Waals surface area contributed by atoms with Gasteiger partial charge in [0.1, 0.15) is 11.5 Å². The summed E-state index contributed by atoms with van der Waals surface area (Å²) in [6, 6.07) is 7.93. The maximum atomic E-state index is 5.33. The van der Waals surface area contributed by atoms with Crippen molar-refractivity contribution in [2.24, 2.45) is 0 Å². The highest BCUT2D eigenvalue weighted by atomic mass is 79.9. The number of hydrogen-bond acceptors (Lipinski definition) is 3. The van der Waals surface area contributed by atoms with Crippen molar-refractivity contribution < 1.29 is 9.15 Å². The van der Waals surface area contributed by atoms with Gasteiger partial charge in [-0.2, -0.15) is 0 Å². The lowest BCUT2D eigenvalue weighted by molar-refractivity contribution is 0.416. The summed E-state index contributed by atoms with van der Waals surface area (Å²) < 4.78 is 11.6. The van der Waals surface area contributed by atoms with E-state index in [1.54, 1.807) is 13.4 Å². The molecule has 1 aromatic heterocycles. The van der Waals surface area contributed by atoms with Gasteiger partial charge in [-0.3, -0.25) is 0 Å². The van der Waals surface area contributed by atoms with Crippen LogP contribution in [0.5, 0.6) is 5.75 Å². The molecule has 0 aliphatic carbocycles. The van der Waals surface area contributed by atoms with Gasteiger partial charge in [0.25, 0.3) is 0 Å². The first-order valence-electron chi connectivity index (χ1n) is 5.31. The Kier molecular flexibility index (Phi) is 3.74. The van der Waals surface area contributed by atoms with Crippen molar-refractivity contribution in [1.29, 1.82) is 0 Å². The van der Waals surface area contributed by atoms with Crippen LogP contribution in [0.25, 0.3) is 0 Å². The molecule has 17 heavy (non-hydrogen) atoms. The number of nitrogens with one attached hydrogen (secondary N) is 1. The van der Waals surface area contributed by atoms with Crippen molar-refractivity contribution in [3.8, 4) is 5.75 Å². The zero-order valence-corrected chi connectivity index (χ0v) is 11.4. The summed E-state index contributed by atoms with van der Waals surface area (Å²) in [6.45, 7) is 2.66. The second-order valence-electron chi connectivity index (χ2n) is 3.75. The first-order chi connectivity index (χ1) is 8.20. The number of furan rings is 1. The molecule has 2 aromatic rings. The molecule has 0 bridgehead atoms. The van der Waals surface area contributed by atoms with Crippen LogP contribution >= 0.6 is 15.9 Å². The third-order valence-corrected chi connectivity index (χ3v) is 3.19. The number of rotatable bonds is 4. The molecule has 90 valence electrons. The maximum Gasteiger partial charge on any atom is 0.142 e. The van der Waals surface area contributed by atoms with E-state index < -0.39 is 0 Å². The molecule has 1 N–H and O–H groups in total. The molecular formula is C13H14BrNO2. The third-order valence-electron chi connectivity index (χ3n) is 2.49. The second-order valence-corrected chi connectivity index (χ2v) is 4.60. The van der Waals surface area contributed by atoms with Gasteiger partial charge in [-0.1, -0.05) is 6.07 Å². The van der Waals surface area contributed by atoms with Crippen LogP contribution in [0, 0.1) is 6.92 Å². The zero-order chi connectivity index (χ0) is 12.3. The summed E-state index contributed by atoms with van der Waals surface area (Å²) in [7, 11) is 1.67. The predicted octanol–water partition coefficient (Wildman–Crippen LogP) is 3.97. The number of halogens is 1. The molecule has 0 aliphatic heterocycles. The first-order valence-corrected chi connectivity index (χ1v) is 6.10. The van der Waals surface area contributed by atoms with E-state index in [0.717, 1.165) is 21.7 Å². The monoisotopic (exact) mass is 295 g/mol. The number of anilines is 1. The molecule has 1 heterocycles. The van der Waals surface area contributed by atoms with Crippen molar-refractivity contribution in [1.82, 2.24) is 0 Å². The minimum Gasteiger partial charge on any atom is -0.495 e. The van der Waals surface area contributed by atoms with Gasteiger partial charge in [-0.25, -0.2) is 0 Å². The zero-order valence-electron chi connectivity index (χ0n) is 9.79. The van der Waals surface area contributed by atoms with Crippen LogP contribution in [0.2, 0.25) is 0 Å². The summed E-state index contributed by atoms with van der Waals surface area (Å²) in [5.74, 6) is 1.71. The molecule has 2 rings (SSSR count). The van der Waals surface area contributed by atoms with Gasteiger partial charge in [0.15, 0.2) is 0 Å². The minimum absolute atomic E-state index is 0.618. The van der Waals surface area contributed by atoms with E-state index in [1.165, 1.54) is 5.56 Å². The molecule has 0 unspecified atom stereocenters. The largest absolute Gasteiger partial charge is 0.495 e. The molecule has 0 amide bonds. The van der Waals surface area contributed by atoms with E-state index in [2.05, 4.69) is 21.2 Å². The minimum atomic E-state index is 0.618. The summed E-state index contributed by atoms with van der Waals surface area (Å²) in [5.41, 5.74) is 2.13. The molecule has 0 radical (unpaired) electrons. The smallest absolute Gasteiger partial charge is 0.142 e. The molecule has 0 aliphatic rings. The number of aryl methyl sites for hydroxylation is 1. The molecule has 0 atom stereocenters. The van der Waals surface area contributed by atoms with Gasteiger partial charge in [-0.05, 0) is 46.6 Å². The summed E-state index contributed by atoms with van der Waals surface area (Å²) in [4.78, 5) is 0. The van der Waals surface area contributed by atoms with Gasteiger partial charge in [-0.15, -0.1) is 0 Å². The van der Waals surface area contributed by atoms with Gasteiger partial charge in [0, 0.05) is 0 Å². The summed E-state index contributed by atoms with van der Waals surface area (Å²) >= 11 is 3.42. The fraction of sp³-hybridized carbons (Fsp3) is 0.231. The average Bonchev–Trinajstić information content (AvgIpc) is 2.73. The number of methoxy groups -OCH3 is 1. The molecule has 1 aromatic carbocycles. The molecule has 0 saturated heterocycles. The molecule has 0 saturated carbocycles. The Bertz CT molecular complexity index is 508. The van der Waals surface area contributed by atoms with E-state index in [1.807, 2.05) is 31.2 Å². The molecule has 3 nitrogen and oxygen atoms in total. The lowest BCUT2D eigenvalue weighted by Gasteiger charge is -2.11. The van der Waals surface area contributed by atoms with Gasteiger partial charge >= 0.3 is 0 Å². The predicted molar refractivity (Wildman–Crippen MR) is 71.5 cm³/mol. The average molecular weight is 296 g/mol. The molecule has 0 spiro atoms. The van der Waals surface area contributed by atoms with E-state index in [4.69, 9.17) is 9.15 Å². The van der Waals surface area contributed by atoms with Crippen molar-refractivity contribution >= 4 is 21.6 Å². The van der Waals surface area contributed by atoms with E-state index >= 15 is 0 Å². The maximum absolute atomic E-state index is 5.33. The SMILES string of the molecule is COc1cc(C)ccc1NCc1occc1Br. The highest BCUT2D eigenvalue weighted by Crippen LogP contribution is 2.26. The van der Waals surface area contributed by atoms with E-state index in [9.17, 15) is 0 Å². The van der Waals surface area contributed by atoms with Crippen molar-refractivity contribution in [3.63, 3.8) is 0 Å². The Morgan fingerprint density at radius 3 is 2.82 bits per heavy atom. The van der Waals surface area contributed by atoms with Crippen molar-refractivity contribution in [2.45, 2.75) is 13.5 Å². The Morgan fingerprint density at radius 2 is 2.18 bits per heavy atom. The number of ether oxygens (including phenoxy) is 1. The van der Waals surface area contributed by atoms with Crippen molar-refractivity contribution in [3.05, 3.63) is 46.3 Å². The topological polar surface area (TPSA) is 34.4 Å². The molecule has 0 fully saturated rings. The number of benzene rings is 1. The van der Waals surface area contributed by atoms with Crippen LogP contribution < -0.4 is 10.1 Å². The standard InChI is InChI=1S/C13H14BrNO2/c1-9-3-4-11(12(7-9)16-2)15-8-13-10(14)5-6-17-13/h3-7,15H,8H2,1-2H3. The number of hydrogen-bond donors (Lipinski definition) is 1. The molecule has 4 heteroatoms. The van der Waals surface area contributed by atoms with E-state index in [0.29, 0.717) is 6.54 Å². The van der Waals surface area contributed by atoms with Gasteiger partial charge < -0.3 is 14.5 Å².